The predicted molar refractivity (Wildman–Crippen MR) is 89.8 cm³/mol. The van der Waals surface area contributed by atoms with Gasteiger partial charge in [0.05, 0.1) is 5.69 Å². The van der Waals surface area contributed by atoms with Gasteiger partial charge in [-0.1, -0.05) is 24.3 Å². The molecule has 0 amide bonds. The van der Waals surface area contributed by atoms with Gasteiger partial charge in [0.2, 0.25) is 0 Å². The van der Waals surface area contributed by atoms with Gasteiger partial charge in [0.15, 0.2) is 0 Å². The molecule has 2 aromatic rings. The van der Waals surface area contributed by atoms with Gasteiger partial charge in [-0.25, -0.2) is 0 Å². The van der Waals surface area contributed by atoms with Gasteiger partial charge in [-0.15, -0.1) is 0 Å². The van der Waals surface area contributed by atoms with Gasteiger partial charge in [-0.05, 0) is 81.5 Å². The Morgan fingerprint density at radius 3 is 2.16 bits per heavy atom. The Morgan fingerprint density at radius 1 is 1.00 bits per heavy atom. The van der Waals surface area contributed by atoms with E-state index in [0.29, 0.717) is 0 Å². The molecular weight excluding hydrogens is 366 g/mol. The summed E-state index contributed by atoms with van der Waals surface area (Å²) in [6.45, 7) is 6.41. The van der Waals surface area contributed by atoms with Crippen LogP contribution in [-0.4, -0.2) is 0 Å². The predicted octanol–water partition coefficient (Wildman–Crippen LogP) is 6.00. The normalized spacial score (nSPS) is 12.3. The highest BCUT2D eigenvalue weighted by atomic mass is 79.9. The Morgan fingerprint density at radius 2 is 1.58 bits per heavy atom. The first-order valence-corrected chi connectivity index (χ1v) is 7.85. The van der Waals surface area contributed by atoms with Crippen molar-refractivity contribution in [2.45, 2.75) is 26.8 Å². The summed E-state index contributed by atoms with van der Waals surface area (Å²) >= 11 is 7.25. The second-order valence-electron chi connectivity index (χ2n) is 4.83. The maximum absolute atomic E-state index is 3.63. The summed E-state index contributed by atoms with van der Waals surface area (Å²) < 4.78 is 2.17. The van der Waals surface area contributed by atoms with Crippen LogP contribution in [-0.2, 0) is 0 Å². The van der Waals surface area contributed by atoms with Gasteiger partial charge in [0.25, 0.3) is 0 Å². The maximum Gasteiger partial charge on any atom is 0.0633 e. The van der Waals surface area contributed by atoms with Crippen molar-refractivity contribution in [1.29, 1.82) is 0 Å². The number of benzene rings is 2. The van der Waals surface area contributed by atoms with Crippen LogP contribution in [0.4, 0.5) is 5.69 Å². The lowest BCUT2D eigenvalue weighted by Gasteiger charge is -2.20. The van der Waals surface area contributed by atoms with Crippen molar-refractivity contribution >= 4 is 37.5 Å². The highest BCUT2D eigenvalue weighted by Crippen LogP contribution is 2.35. The largest absolute Gasteiger partial charge is 0.377 e. The summed E-state index contributed by atoms with van der Waals surface area (Å²) in [5.41, 5.74) is 4.96. The number of rotatable bonds is 3. The minimum absolute atomic E-state index is 0.261. The monoisotopic (exact) mass is 381 g/mol. The van der Waals surface area contributed by atoms with E-state index in [1.807, 2.05) is 0 Å². The molecular formula is C16H17Br2N. The zero-order valence-electron chi connectivity index (χ0n) is 11.3. The highest BCUT2D eigenvalue weighted by molar-refractivity contribution is 9.11. The smallest absolute Gasteiger partial charge is 0.0633 e. The van der Waals surface area contributed by atoms with Crippen molar-refractivity contribution in [3.8, 4) is 0 Å². The second kappa shape index (κ2) is 6.10. The van der Waals surface area contributed by atoms with Gasteiger partial charge in [0, 0.05) is 15.0 Å². The van der Waals surface area contributed by atoms with Gasteiger partial charge in [0.1, 0.15) is 0 Å². The van der Waals surface area contributed by atoms with E-state index >= 15 is 0 Å². The van der Waals surface area contributed by atoms with Crippen molar-refractivity contribution in [2.24, 2.45) is 0 Å². The zero-order chi connectivity index (χ0) is 14.0. The van der Waals surface area contributed by atoms with Gasteiger partial charge in [-0.3, -0.25) is 0 Å². The van der Waals surface area contributed by atoms with E-state index in [9.17, 15) is 0 Å². The molecule has 1 unspecified atom stereocenters. The molecule has 0 spiro atoms. The molecule has 1 atom stereocenters. The quantitative estimate of drug-likeness (QED) is 0.686. The van der Waals surface area contributed by atoms with Crippen LogP contribution in [0, 0.1) is 13.8 Å². The Hall–Kier alpha value is -0.800. The zero-order valence-corrected chi connectivity index (χ0v) is 14.5. The van der Waals surface area contributed by atoms with Crippen molar-refractivity contribution in [3.05, 3.63) is 62.0 Å². The van der Waals surface area contributed by atoms with Crippen LogP contribution in [0.3, 0.4) is 0 Å². The van der Waals surface area contributed by atoms with E-state index in [1.54, 1.807) is 0 Å². The van der Waals surface area contributed by atoms with E-state index in [2.05, 4.69) is 94.3 Å². The van der Waals surface area contributed by atoms with Gasteiger partial charge in [-0.2, -0.15) is 0 Å². The van der Waals surface area contributed by atoms with E-state index in [0.717, 1.165) is 14.6 Å². The molecule has 1 nitrogen and oxygen atoms in total. The molecule has 0 heterocycles. The molecule has 0 aliphatic rings. The fourth-order valence-electron chi connectivity index (χ4n) is 2.20. The van der Waals surface area contributed by atoms with E-state index in [4.69, 9.17) is 0 Å². The van der Waals surface area contributed by atoms with Crippen LogP contribution in [0.2, 0.25) is 0 Å². The SMILES string of the molecule is Cc1cc(Br)c(NC(C)c2ccccc2C)c(Br)c1. The molecule has 19 heavy (non-hydrogen) atoms. The summed E-state index contributed by atoms with van der Waals surface area (Å²) in [7, 11) is 0. The molecule has 0 bridgehead atoms. The summed E-state index contributed by atoms with van der Waals surface area (Å²) in [6, 6.07) is 13.0. The maximum atomic E-state index is 3.63. The molecule has 0 radical (unpaired) electrons. The standard InChI is InChI=1S/C16H17Br2N/c1-10-8-14(17)16(15(18)9-10)19-12(3)13-7-5-4-6-11(13)2/h4-9,12,19H,1-3H3. The van der Waals surface area contributed by atoms with Crippen LogP contribution in [0.5, 0.6) is 0 Å². The second-order valence-corrected chi connectivity index (χ2v) is 6.53. The van der Waals surface area contributed by atoms with Crippen LogP contribution >= 0.6 is 31.9 Å². The summed E-state index contributed by atoms with van der Waals surface area (Å²) in [5, 5.41) is 3.57. The molecule has 0 saturated carbocycles. The Kier molecular flexibility index (Phi) is 4.69. The lowest BCUT2D eigenvalue weighted by atomic mass is 10.0. The summed E-state index contributed by atoms with van der Waals surface area (Å²) in [6.07, 6.45) is 0. The fourth-order valence-corrected chi connectivity index (χ4v) is 3.85. The van der Waals surface area contributed by atoms with Gasteiger partial charge < -0.3 is 5.32 Å². The summed E-state index contributed by atoms with van der Waals surface area (Å²) in [5.74, 6) is 0. The first-order chi connectivity index (χ1) is 8.99. The number of halogens is 2. The first kappa shape index (κ1) is 14.6. The third-order valence-electron chi connectivity index (χ3n) is 3.20. The van der Waals surface area contributed by atoms with Crippen molar-refractivity contribution in [1.82, 2.24) is 0 Å². The molecule has 0 fully saturated rings. The third kappa shape index (κ3) is 3.40. The average Bonchev–Trinajstić information content (AvgIpc) is 2.34. The van der Waals surface area contributed by atoms with Crippen LogP contribution in [0.1, 0.15) is 29.7 Å². The molecule has 2 rings (SSSR count). The number of anilines is 1. The third-order valence-corrected chi connectivity index (χ3v) is 4.45. The number of nitrogens with one attached hydrogen (secondary N) is 1. The molecule has 1 N–H and O–H groups in total. The average molecular weight is 383 g/mol. The molecule has 100 valence electrons. The number of hydrogen-bond donors (Lipinski definition) is 1. The lowest BCUT2D eigenvalue weighted by molar-refractivity contribution is 0.872. The Labute approximate surface area is 131 Å². The minimum Gasteiger partial charge on any atom is -0.377 e. The van der Waals surface area contributed by atoms with Crippen LogP contribution in [0.25, 0.3) is 0 Å². The number of aryl methyl sites for hydroxylation is 2. The van der Waals surface area contributed by atoms with Gasteiger partial charge >= 0.3 is 0 Å². The molecule has 0 aliphatic heterocycles. The van der Waals surface area contributed by atoms with E-state index in [1.165, 1.54) is 16.7 Å². The molecule has 2 aromatic carbocycles. The van der Waals surface area contributed by atoms with Crippen molar-refractivity contribution < 1.29 is 0 Å². The lowest BCUT2D eigenvalue weighted by Crippen LogP contribution is -2.09. The molecule has 3 heteroatoms. The molecule has 0 aliphatic carbocycles. The Balaban J connectivity index is 2.29. The highest BCUT2D eigenvalue weighted by Gasteiger charge is 2.12. The van der Waals surface area contributed by atoms with Crippen LogP contribution in [0.15, 0.2) is 45.3 Å². The molecule has 0 saturated heterocycles. The van der Waals surface area contributed by atoms with E-state index < -0.39 is 0 Å². The van der Waals surface area contributed by atoms with E-state index in [-0.39, 0.29) is 6.04 Å². The summed E-state index contributed by atoms with van der Waals surface area (Å²) in [4.78, 5) is 0. The van der Waals surface area contributed by atoms with Crippen molar-refractivity contribution in [3.63, 3.8) is 0 Å². The fraction of sp³-hybridized carbons (Fsp3) is 0.250. The minimum atomic E-state index is 0.261. The topological polar surface area (TPSA) is 12.0 Å². The van der Waals surface area contributed by atoms with Crippen molar-refractivity contribution in [2.75, 3.05) is 5.32 Å². The first-order valence-electron chi connectivity index (χ1n) is 6.26. The molecule has 0 aromatic heterocycles. The number of hydrogen-bond acceptors (Lipinski definition) is 1. The Bertz CT molecular complexity index is 570. The van der Waals surface area contributed by atoms with Crippen LogP contribution < -0.4 is 5.32 Å².